The van der Waals surface area contributed by atoms with E-state index in [4.69, 9.17) is 5.73 Å². The van der Waals surface area contributed by atoms with Crippen molar-refractivity contribution in [2.45, 2.75) is 25.7 Å². The Morgan fingerprint density at radius 1 is 1.13 bits per heavy atom. The second kappa shape index (κ2) is 6.56. The molecule has 2 aliphatic heterocycles. The van der Waals surface area contributed by atoms with Crippen LogP contribution >= 0.6 is 0 Å². The number of likely N-dealkylation sites (tertiary alicyclic amines) is 1. The molecule has 0 saturated carbocycles. The molecule has 2 heterocycles. The zero-order chi connectivity index (χ0) is 16.4. The van der Waals surface area contributed by atoms with Gasteiger partial charge in [-0.05, 0) is 43.9 Å². The van der Waals surface area contributed by atoms with Crippen LogP contribution in [0, 0.1) is 11.7 Å². The van der Waals surface area contributed by atoms with E-state index in [-0.39, 0.29) is 23.5 Å². The van der Waals surface area contributed by atoms with Gasteiger partial charge in [-0.15, -0.1) is 0 Å². The van der Waals surface area contributed by atoms with Gasteiger partial charge in [-0.3, -0.25) is 9.59 Å². The van der Waals surface area contributed by atoms with Crippen LogP contribution in [0.15, 0.2) is 18.2 Å². The quantitative estimate of drug-likeness (QED) is 0.923. The van der Waals surface area contributed by atoms with Crippen LogP contribution < -0.4 is 10.6 Å². The van der Waals surface area contributed by atoms with E-state index in [1.807, 2.05) is 4.90 Å². The first-order chi connectivity index (χ1) is 11.1. The van der Waals surface area contributed by atoms with Gasteiger partial charge in [-0.1, -0.05) is 0 Å². The first kappa shape index (κ1) is 15.8. The van der Waals surface area contributed by atoms with Crippen molar-refractivity contribution in [1.82, 2.24) is 4.90 Å². The van der Waals surface area contributed by atoms with Gasteiger partial charge in [0.05, 0.1) is 11.6 Å². The number of carbonyl (C=O) groups is 2. The summed E-state index contributed by atoms with van der Waals surface area (Å²) < 4.78 is 14.3. The van der Waals surface area contributed by atoms with E-state index in [2.05, 4.69) is 0 Å². The lowest BCUT2D eigenvalue weighted by molar-refractivity contribution is -0.123. The highest BCUT2D eigenvalue weighted by atomic mass is 19.1. The first-order valence-electron chi connectivity index (χ1n) is 8.19. The zero-order valence-electron chi connectivity index (χ0n) is 13.1. The molecular weight excluding hydrogens is 297 g/mol. The second-order valence-corrected chi connectivity index (χ2v) is 6.35. The number of rotatable bonds is 3. The van der Waals surface area contributed by atoms with Gasteiger partial charge in [0.2, 0.25) is 5.91 Å². The Morgan fingerprint density at radius 3 is 2.52 bits per heavy atom. The van der Waals surface area contributed by atoms with E-state index in [1.54, 1.807) is 17.0 Å². The predicted molar refractivity (Wildman–Crippen MR) is 85.7 cm³/mol. The van der Waals surface area contributed by atoms with Crippen LogP contribution in [0.1, 0.15) is 36.0 Å². The van der Waals surface area contributed by atoms with Crippen molar-refractivity contribution in [3.8, 4) is 0 Å². The molecular formula is C17H22FN3O2. The molecule has 3 rings (SSSR count). The van der Waals surface area contributed by atoms with Crippen molar-refractivity contribution in [3.63, 3.8) is 0 Å². The molecule has 5 nitrogen and oxygen atoms in total. The van der Waals surface area contributed by atoms with Gasteiger partial charge in [0.1, 0.15) is 5.82 Å². The van der Waals surface area contributed by atoms with E-state index in [9.17, 15) is 14.0 Å². The van der Waals surface area contributed by atoms with Gasteiger partial charge >= 0.3 is 0 Å². The standard InChI is InChI=1S/C17H22FN3O2/c18-14-10-12(5-6-15(14)20-7-1-2-8-20)17(23)21-9-3-4-13(11-21)16(19)22/h5-6,10,13H,1-4,7-9,11H2,(H2,19,22)/t13-/m1/s1. The molecule has 2 saturated heterocycles. The maximum Gasteiger partial charge on any atom is 0.253 e. The minimum absolute atomic E-state index is 0.233. The number of hydrogen-bond acceptors (Lipinski definition) is 3. The lowest BCUT2D eigenvalue weighted by Gasteiger charge is -2.31. The number of amides is 2. The molecule has 1 atom stereocenters. The van der Waals surface area contributed by atoms with Crippen LogP contribution in [0.5, 0.6) is 0 Å². The Hall–Kier alpha value is -2.11. The van der Waals surface area contributed by atoms with Crippen molar-refractivity contribution in [3.05, 3.63) is 29.6 Å². The highest BCUT2D eigenvalue weighted by Gasteiger charge is 2.28. The van der Waals surface area contributed by atoms with Crippen molar-refractivity contribution >= 4 is 17.5 Å². The monoisotopic (exact) mass is 319 g/mol. The molecule has 0 spiro atoms. The van der Waals surface area contributed by atoms with Crippen molar-refractivity contribution in [1.29, 1.82) is 0 Å². The summed E-state index contributed by atoms with van der Waals surface area (Å²) >= 11 is 0. The molecule has 2 N–H and O–H groups in total. The predicted octanol–water partition coefficient (Wildman–Crippen LogP) is 1.76. The maximum atomic E-state index is 14.3. The number of carbonyl (C=O) groups excluding carboxylic acids is 2. The van der Waals surface area contributed by atoms with E-state index < -0.39 is 0 Å². The van der Waals surface area contributed by atoms with E-state index in [1.165, 1.54) is 6.07 Å². The normalized spacial score (nSPS) is 21.5. The molecule has 2 fully saturated rings. The summed E-state index contributed by atoms with van der Waals surface area (Å²) in [5.74, 6) is -1.27. The highest BCUT2D eigenvalue weighted by molar-refractivity contribution is 5.95. The lowest BCUT2D eigenvalue weighted by atomic mass is 9.97. The van der Waals surface area contributed by atoms with Gasteiger partial charge in [0, 0.05) is 31.7 Å². The van der Waals surface area contributed by atoms with Crippen molar-refractivity contribution < 1.29 is 14.0 Å². The third kappa shape index (κ3) is 3.30. The van der Waals surface area contributed by atoms with Gasteiger partial charge in [-0.2, -0.15) is 0 Å². The first-order valence-corrected chi connectivity index (χ1v) is 8.19. The molecule has 2 amide bonds. The van der Waals surface area contributed by atoms with E-state index in [0.717, 1.165) is 32.4 Å². The van der Waals surface area contributed by atoms with E-state index in [0.29, 0.717) is 30.8 Å². The lowest BCUT2D eigenvalue weighted by Crippen LogP contribution is -2.44. The average molecular weight is 319 g/mol. The van der Waals surface area contributed by atoms with Gasteiger partial charge in [0.15, 0.2) is 0 Å². The Kier molecular flexibility index (Phi) is 4.50. The fraction of sp³-hybridized carbons (Fsp3) is 0.529. The summed E-state index contributed by atoms with van der Waals surface area (Å²) in [6.45, 7) is 2.62. The minimum atomic E-state index is -0.377. The molecule has 1 aromatic rings. The molecule has 124 valence electrons. The smallest absolute Gasteiger partial charge is 0.253 e. The Labute approximate surface area is 135 Å². The van der Waals surface area contributed by atoms with Crippen molar-refractivity contribution in [2.24, 2.45) is 11.7 Å². The van der Waals surface area contributed by atoms with Crippen LogP contribution in [-0.4, -0.2) is 42.9 Å². The number of piperidine rings is 1. The topological polar surface area (TPSA) is 66.6 Å². The van der Waals surface area contributed by atoms with Gasteiger partial charge in [-0.25, -0.2) is 4.39 Å². The molecule has 0 aromatic heterocycles. The summed E-state index contributed by atoms with van der Waals surface area (Å²) in [4.78, 5) is 27.5. The van der Waals surface area contributed by atoms with Crippen LogP contribution in [0.4, 0.5) is 10.1 Å². The van der Waals surface area contributed by atoms with Crippen molar-refractivity contribution in [2.75, 3.05) is 31.1 Å². The highest BCUT2D eigenvalue weighted by Crippen LogP contribution is 2.25. The third-order valence-corrected chi connectivity index (χ3v) is 4.75. The number of hydrogen-bond donors (Lipinski definition) is 1. The number of primary amides is 1. The maximum absolute atomic E-state index is 14.3. The average Bonchev–Trinajstić information content (AvgIpc) is 3.08. The van der Waals surface area contributed by atoms with E-state index >= 15 is 0 Å². The number of nitrogens with zero attached hydrogens (tertiary/aromatic N) is 2. The third-order valence-electron chi connectivity index (χ3n) is 4.75. The molecule has 1 aromatic carbocycles. The second-order valence-electron chi connectivity index (χ2n) is 6.35. The molecule has 2 aliphatic rings. The molecule has 0 aliphatic carbocycles. The fourth-order valence-electron chi connectivity index (χ4n) is 3.43. The largest absolute Gasteiger partial charge is 0.369 e. The SMILES string of the molecule is NC(=O)[C@@H]1CCCN(C(=O)c2ccc(N3CCCC3)c(F)c2)C1. The molecule has 0 radical (unpaired) electrons. The number of halogens is 1. The van der Waals surface area contributed by atoms with Crippen LogP contribution in [0.2, 0.25) is 0 Å². The number of benzene rings is 1. The summed E-state index contributed by atoms with van der Waals surface area (Å²) in [6.07, 6.45) is 3.60. The minimum Gasteiger partial charge on any atom is -0.369 e. The summed E-state index contributed by atoms with van der Waals surface area (Å²) in [6, 6.07) is 4.67. The Balaban J connectivity index is 1.74. The molecule has 0 unspecified atom stereocenters. The van der Waals surface area contributed by atoms with Crippen LogP contribution in [0.25, 0.3) is 0 Å². The Bertz CT molecular complexity index is 614. The summed E-state index contributed by atoms with van der Waals surface area (Å²) in [5, 5.41) is 0. The number of anilines is 1. The fourth-order valence-corrected chi connectivity index (χ4v) is 3.43. The summed E-state index contributed by atoms with van der Waals surface area (Å²) in [7, 11) is 0. The number of nitrogens with two attached hydrogens (primary N) is 1. The van der Waals surface area contributed by atoms with Crippen LogP contribution in [0.3, 0.4) is 0 Å². The van der Waals surface area contributed by atoms with Gasteiger partial charge < -0.3 is 15.5 Å². The molecule has 6 heteroatoms. The van der Waals surface area contributed by atoms with Crippen LogP contribution in [-0.2, 0) is 4.79 Å². The Morgan fingerprint density at radius 2 is 1.87 bits per heavy atom. The zero-order valence-corrected chi connectivity index (χ0v) is 13.1. The molecule has 23 heavy (non-hydrogen) atoms. The summed E-state index contributed by atoms with van der Waals surface area (Å²) in [5.41, 5.74) is 6.23. The van der Waals surface area contributed by atoms with Gasteiger partial charge in [0.25, 0.3) is 5.91 Å². The molecule has 0 bridgehead atoms.